The molecule has 0 spiro atoms. The molecule has 2 aromatic carbocycles. The van der Waals surface area contributed by atoms with Gasteiger partial charge < -0.3 is 10.1 Å². The van der Waals surface area contributed by atoms with E-state index in [-0.39, 0.29) is 0 Å². The fourth-order valence-electron chi connectivity index (χ4n) is 1.69. The smallest absolute Gasteiger partial charge is 0.122 e. The van der Waals surface area contributed by atoms with Crippen LogP contribution in [0, 0.1) is 6.92 Å². The van der Waals surface area contributed by atoms with Crippen molar-refractivity contribution in [2.24, 2.45) is 0 Å². The minimum Gasteiger partial charge on any atom is -0.491 e. The van der Waals surface area contributed by atoms with Crippen molar-refractivity contribution in [1.29, 1.82) is 0 Å². The van der Waals surface area contributed by atoms with Gasteiger partial charge in [-0.3, -0.25) is 0 Å². The van der Waals surface area contributed by atoms with Crippen molar-refractivity contribution in [2.75, 3.05) is 18.5 Å². The average Bonchev–Trinajstić information content (AvgIpc) is 2.38. The molecular formula is C15H16ClNO. The summed E-state index contributed by atoms with van der Waals surface area (Å²) in [6.07, 6.45) is 0. The highest BCUT2D eigenvalue weighted by Crippen LogP contribution is 2.21. The van der Waals surface area contributed by atoms with Crippen LogP contribution in [0.4, 0.5) is 5.69 Å². The first-order valence-electron chi connectivity index (χ1n) is 5.93. The number of anilines is 1. The van der Waals surface area contributed by atoms with Crippen LogP contribution >= 0.6 is 11.6 Å². The molecule has 0 unspecified atom stereocenters. The van der Waals surface area contributed by atoms with Gasteiger partial charge in [0.05, 0.1) is 0 Å². The standard InChI is InChI=1S/C15H16ClNO/c1-12-11-13(16)7-8-15(12)18-10-9-17-14-5-3-2-4-6-14/h2-8,11,17H,9-10H2,1H3. The second-order valence-electron chi connectivity index (χ2n) is 4.05. The molecule has 2 nitrogen and oxygen atoms in total. The molecule has 0 aliphatic rings. The Morgan fingerprint density at radius 1 is 1.11 bits per heavy atom. The van der Waals surface area contributed by atoms with Gasteiger partial charge in [-0.15, -0.1) is 0 Å². The van der Waals surface area contributed by atoms with Crippen LogP contribution < -0.4 is 10.1 Å². The van der Waals surface area contributed by atoms with E-state index >= 15 is 0 Å². The van der Waals surface area contributed by atoms with Crippen molar-refractivity contribution in [3.63, 3.8) is 0 Å². The van der Waals surface area contributed by atoms with E-state index in [1.54, 1.807) is 0 Å². The van der Waals surface area contributed by atoms with Crippen molar-refractivity contribution in [1.82, 2.24) is 0 Å². The third kappa shape index (κ3) is 3.67. The average molecular weight is 262 g/mol. The Hall–Kier alpha value is -1.67. The van der Waals surface area contributed by atoms with Crippen LogP contribution in [0.15, 0.2) is 48.5 Å². The fraction of sp³-hybridized carbons (Fsp3) is 0.200. The normalized spacial score (nSPS) is 10.1. The fourth-order valence-corrected chi connectivity index (χ4v) is 1.91. The molecule has 0 atom stereocenters. The summed E-state index contributed by atoms with van der Waals surface area (Å²) >= 11 is 5.89. The largest absolute Gasteiger partial charge is 0.491 e. The summed E-state index contributed by atoms with van der Waals surface area (Å²) in [5.41, 5.74) is 2.16. The highest BCUT2D eigenvalue weighted by Gasteiger charge is 1.99. The summed E-state index contributed by atoms with van der Waals surface area (Å²) < 4.78 is 5.69. The Balaban J connectivity index is 1.79. The lowest BCUT2D eigenvalue weighted by Crippen LogP contribution is -2.11. The number of aryl methyl sites for hydroxylation is 1. The molecule has 0 aromatic heterocycles. The molecular weight excluding hydrogens is 246 g/mol. The molecule has 0 saturated carbocycles. The van der Waals surface area contributed by atoms with Crippen LogP contribution in [0.2, 0.25) is 5.02 Å². The van der Waals surface area contributed by atoms with Crippen molar-refractivity contribution >= 4 is 17.3 Å². The Kier molecular flexibility index (Phi) is 4.48. The van der Waals surface area contributed by atoms with E-state index in [9.17, 15) is 0 Å². The molecule has 0 aliphatic carbocycles. The zero-order valence-corrected chi connectivity index (χ0v) is 11.1. The van der Waals surface area contributed by atoms with E-state index in [0.717, 1.165) is 28.6 Å². The third-order valence-electron chi connectivity index (χ3n) is 2.60. The number of halogens is 1. The van der Waals surface area contributed by atoms with Gasteiger partial charge >= 0.3 is 0 Å². The van der Waals surface area contributed by atoms with Gasteiger partial charge in [0.25, 0.3) is 0 Å². The summed E-state index contributed by atoms with van der Waals surface area (Å²) in [6.45, 7) is 3.38. The summed E-state index contributed by atoms with van der Waals surface area (Å²) in [7, 11) is 0. The SMILES string of the molecule is Cc1cc(Cl)ccc1OCCNc1ccccc1. The van der Waals surface area contributed by atoms with Crippen molar-refractivity contribution in [3.05, 3.63) is 59.1 Å². The van der Waals surface area contributed by atoms with Gasteiger partial charge in [0.1, 0.15) is 12.4 Å². The first kappa shape index (κ1) is 12.8. The molecule has 0 bridgehead atoms. The Labute approximate surface area is 113 Å². The molecule has 0 heterocycles. The van der Waals surface area contributed by atoms with Crippen molar-refractivity contribution < 1.29 is 4.74 Å². The Morgan fingerprint density at radius 3 is 2.61 bits per heavy atom. The Bertz CT molecular complexity index is 499. The minimum absolute atomic E-state index is 0.622. The van der Waals surface area contributed by atoms with E-state index in [0.29, 0.717) is 6.61 Å². The molecule has 0 aliphatic heterocycles. The van der Waals surface area contributed by atoms with E-state index in [4.69, 9.17) is 16.3 Å². The van der Waals surface area contributed by atoms with E-state index in [2.05, 4.69) is 5.32 Å². The molecule has 1 N–H and O–H groups in total. The van der Waals surface area contributed by atoms with Crippen LogP contribution in [0.3, 0.4) is 0 Å². The van der Waals surface area contributed by atoms with Crippen molar-refractivity contribution in [3.8, 4) is 5.75 Å². The van der Waals surface area contributed by atoms with E-state index < -0.39 is 0 Å². The lowest BCUT2D eigenvalue weighted by atomic mass is 10.2. The Morgan fingerprint density at radius 2 is 1.89 bits per heavy atom. The number of para-hydroxylation sites is 1. The molecule has 0 amide bonds. The number of nitrogens with one attached hydrogen (secondary N) is 1. The first-order chi connectivity index (χ1) is 8.75. The molecule has 94 valence electrons. The van der Waals surface area contributed by atoms with Crippen LogP contribution in [-0.2, 0) is 0 Å². The van der Waals surface area contributed by atoms with Gasteiger partial charge in [-0.05, 0) is 42.8 Å². The van der Waals surface area contributed by atoms with E-state index in [1.165, 1.54) is 0 Å². The number of hydrogen-bond donors (Lipinski definition) is 1. The predicted octanol–water partition coefficient (Wildman–Crippen LogP) is 4.14. The molecule has 18 heavy (non-hydrogen) atoms. The molecule has 0 saturated heterocycles. The van der Waals surface area contributed by atoms with Gasteiger partial charge in [-0.25, -0.2) is 0 Å². The maximum Gasteiger partial charge on any atom is 0.122 e. The van der Waals surface area contributed by atoms with Gasteiger partial charge in [0.2, 0.25) is 0 Å². The van der Waals surface area contributed by atoms with Gasteiger partial charge in [-0.2, -0.15) is 0 Å². The number of benzene rings is 2. The summed E-state index contributed by atoms with van der Waals surface area (Å²) in [4.78, 5) is 0. The second kappa shape index (κ2) is 6.31. The van der Waals surface area contributed by atoms with E-state index in [1.807, 2.05) is 55.5 Å². The van der Waals surface area contributed by atoms with Gasteiger partial charge in [0, 0.05) is 17.3 Å². The zero-order chi connectivity index (χ0) is 12.8. The highest BCUT2D eigenvalue weighted by molar-refractivity contribution is 6.30. The maximum absolute atomic E-state index is 5.89. The summed E-state index contributed by atoms with van der Waals surface area (Å²) in [5.74, 6) is 0.884. The molecule has 0 fully saturated rings. The molecule has 0 radical (unpaired) electrons. The van der Waals surface area contributed by atoms with Gasteiger partial charge in [-0.1, -0.05) is 29.8 Å². The van der Waals surface area contributed by atoms with Gasteiger partial charge in [0.15, 0.2) is 0 Å². The molecule has 3 heteroatoms. The van der Waals surface area contributed by atoms with Crippen LogP contribution in [0.1, 0.15) is 5.56 Å². The first-order valence-corrected chi connectivity index (χ1v) is 6.31. The zero-order valence-electron chi connectivity index (χ0n) is 10.3. The number of hydrogen-bond acceptors (Lipinski definition) is 2. The third-order valence-corrected chi connectivity index (χ3v) is 2.83. The molecule has 2 aromatic rings. The quantitative estimate of drug-likeness (QED) is 0.817. The monoisotopic (exact) mass is 261 g/mol. The maximum atomic E-state index is 5.89. The number of ether oxygens (including phenoxy) is 1. The number of rotatable bonds is 5. The predicted molar refractivity (Wildman–Crippen MR) is 76.6 cm³/mol. The van der Waals surface area contributed by atoms with Crippen LogP contribution in [-0.4, -0.2) is 13.2 Å². The minimum atomic E-state index is 0.622. The molecule has 2 rings (SSSR count). The lowest BCUT2D eigenvalue weighted by molar-refractivity contribution is 0.330. The summed E-state index contributed by atoms with van der Waals surface area (Å²) in [6, 6.07) is 15.7. The summed E-state index contributed by atoms with van der Waals surface area (Å²) in [5, 5.41) is 4.03. The van der Waals surface area contributed by atoms with Crippen molar-refractivity contribution in [2.45, 2.75) is 6.92 Å². The lowest BCUT2D eigenvalue weighted by Gasteiger charge is -2.10. The van der Waals surface area contributed by atoms with Crippen LogP contribution in [0.25, 0.3) is 0 Å². The highest BCUT2D eigenvalue weighted by atomic mass is 35.5. The second-order valence-corrected chi connectivity index (χ2v) is 4.49. The topological polar surface area (TPSA) is 21.3 Å². The van der Waals surface area contributed by atoms with Crippen LogP contribution in [0.5, 0.6) is 5.75 Å².